The number of piperidine rings is 1. The van der Waals surface area contributed by atoms with Crippen molar-refractivity contribution < 1.29 is 0 Å². The third-order valence-electron chi connectivity index (χ3n) is 3.03. The fourth-order valence-electron chi connectivity index (χ4n) is 1.88. The van der Waals surface area contributed by atoms with Gasteiger partial charge in [0.1, 0.15) is 0 Å². The maximum absolute atomic E-state index is 5.85. The van der Waals surface area contributed by atoms with Crippen LogP contribution in [0.15, 0.2) is 11.3 Å². The molecule has 2 N–H and O–H groups in total. The van der Waals surface area contributed by atoms with Crippen molar-refractivity contribution in [3.63, 3.8) is 0 Å². The largest absolute Gasteiger partial charge is 0.375 e. The second kappa shape index (κ2) is 3.09. The molecule has 0 aromatic rings. The van der Waals surface area contributed by atoms with Gasteiger partial charge in [0, 0.05) is 24.8 Å². The maximum Gasteiger partial charge on any atom is 0.0189 e. The van der Waals surface area contributed by atoms with Crippen molar-refractivity contribution in [3.8, 4) is 0 Å². The van der Waals surface area contributed by atoms with Crippen LogP contribution >= 0.6 is 0 Å². The molecule has 0 spiro atoms. The number of rotatable bonds is 1. The van der Waals surface area contributed by atoms with Gasteiger partial charge in [0.15, 0.2) is 0 Å². The van der Waals surface area contributed by atoms with Gasteiger partial charge in [-0.15, -0.1) is 0 Å². The van der Waals surface area contributed by atoms with Gasteiger partial charge in [-0.2, -0.15) is 0 Å². The van der Waals surface area contributed by atoms with E-state index in [9.17, 15) is 0 Å². The Morgan fingerprint density at radius 3 is 2.42 bits per heavy atom. The minimum atomic E-state index is 0.457. The van der Waals surface area contributed by atoms with Gasteiger partial charge in [-0.05, 0) is 32.6 Å². The van der Waals surface area contributed by atoms with Crippen LogP contribution in [0.1, 0.15) is 32.6 Å². The third kappa shape index (κ3) is 1.63. The Hall–Kier alpha value is -0.500. The highest BCUT2D eigenvalue weighted by Crippen LogP contribution is 2.33. The molecule has 0 aromatic heterocycles. The van der Waals surface area contributed by atoms with Gasteiger partial charge in [-0.1, -0.05) is 5.57 Å². The lowest BCUT2D eigenvalue weighted by Crippen LogP contribution is -2.38. The molecule has 2 fully saturated rings. The lowest BCUT2D eigenvalue weighted by atomic mass is 10.1. The van der Waals surface area contributed by atoms with Gasteiger partial charge in [0.25, 0.3) is 0 Å². The fourth-order valence-corrected chi connectivity index (χ4v) is 1.88. The summed E-state index contributed by atoms with van der Waals surface area (Å²) < 4.78 is 0. The van der Waals surface area contributed by atoms with Crippen LogP contribution in [0, 0.1) is 0 Å². The summed E-state index contributed by atoms with van der Waals surface area (Å²) in [7, 11) is 0. The standard InChI is InChI=1S/C10H18N2/c1-8(9-2-3-9)12-6-4-10(11)5-7-12/h10H,2-7,11H2,1H3. The Bertz CT molecular complexity index is 194. The number of nitrogens with zero attached hydrogens (tertiary/aromatic N) is 1. The highest BCUT2D eigenvalue weighted by molar-refractivity contribution is 5.23. The van der Waals surface area contributed by atoms with E-state index in [1.54, 1.807) is 11.3 Å². The van der Waals surface area contributed by atoms with Crippen LogP contribution in [0.4, 0.5) is 0 Å². The number of allylic oxidation sites excluding steroid dienone is 2. The summed E-state index contributed by atoms with van der Waals surface area (Å²) in [4.78, 5) is 2.51. The Morgan fingerprint density at radius 2 is 1.92 bits per heavy atom. The molecule has 1 saturated heterocycles. The van der Waals surface area contributed by atoms with Gasteiger partial charge in [-0.25, -0.2) is 0 Å². The molecule has 1 heterocycles. The van der Waals surface area contributed by atoms with Crippen LogP contribution in [-0.2, 0) is 0 Å². The second-order valence-corrected chi connectivity index (χ2v) is 4.01. The molecule has 1 aliphatic heterocycles. The summed E-state index contributed by atoms with van der Waals surface area (Å²) in [5.41, 5.74) is 9.06. The lowest BCUT2D eigenvalue weighted by Gasteiger charge is -2.32. The average molecular weight is 166 g/mol. The molecule has 0 aromatic carbocycles. The molecule has 2 aliphatic rings. The predicted molar refractivity (Wildman–Crippen MR) is 50.7 cm³/mol. The zero-order valence-electron chi connectivity index (χ0n) is 7.84. The maximum atomic E-state index is 5.85. The minimum absolute atomic E-state index is 0.457. The van der Waals surface area contributed by atoms with E-state index in [0.717, 1.165) is 0 Å². The monoisotopic (exact) mass is 166 g/mol. The molecule has 0 radical (unpaired) electrons. The van der Waals surface area contributed by atoms with Crippen LogP contribution in [0.2, 0.25) is 0 Å². The van der Waals surface area contributed by atoms with E-state index < -0.39 is 0 Å². The first-order valence-electron chi connectivity index (χ1n) is 4.96. The van der Waals surface area contributed by atoms with Crippen molar-refractivity contribution in [1.82, 2.24) is 4.90 Å². The van der Waals surface area contributed by atoms with E-state index in [1.807, 2.05) is 0 Å². The Balaban J connectivity index is 1.93. The van der Waals surface area contributed by atoms with Crippen LogP contribution in [-0.4, -0.2) is 24.0 Å². The highest BCUT2D eigenvalue weighted by Gasteiger charge is 2.21. The van der Waals surface area contributed by atoms with Gasteiger partial charge in [-0.3, -0.25) is 0 Å². The van der Waals surface area contributed by atoms with Crippen molar-refractivity contribution in [1.29, 1.82) is 0 Å². The number of likely N-dealkylation sites (tertiary alicyclic amines) is 1. The van der Waals surface area contributed by atoms with Crippen LogP contribution in [0.5, 0.6) is 0 Å². The number of hydrogen-bond donors (Lipinski definition) is 1. The molecule has 12 heavy (non-hydrogen) atoms. The molecule has 2 heteroatoms. The smallest absolute Gasteiger partial charge is 0.0189 e. The van der Waals surface area contributed by atoms with Crippen LogP contribution in [0.3, 0.4) is 0 Å². The summed E-state index contributed by atoms with van der Waals surface area (Å²) in [6, 6.07) is 0.457. The Kier molecular flexibility index (Phi) is 2.09. The first-order valence-corrected chi connectivity index (χ1v) is 4.96. The van der Waals surface area contributed by atoms with Crippen LogP contribution in [0.25, 0.3) is 0 Å². The fraction of sp³-hybridized carbons (Fsp3) is 0.800. The molecule has 0 bridgehead atoms. The summed E-state index contributed by atoms with van der Waals surface area (Å²) in [5, 5.41) is 0. The predicted octanol–water partition coefficient (Wildman–Crippen LogP) is 1.48. The van der Waals surface area contributed by atoms with Crippen molar-refractivity contribution in [2.45, 2.75) is 38.6 Å². The van der Waals surface area contributed by atoms with Crippen LogP contribution < -0.4 is 5.73 Å². The van der Waals surface area contributed by atoms with E-state index in [0.29, 0.717) is 6.04 Å². The molecule has 2 rings (SSSR count). The summed E-state index contributed by atoms with van der Waals surface area (Å²) in [5.74, 6) is 0. The normalized spacial score (nSPS) is 24.5. The molecule has 0 unspecified atom stereocenters. The minimum Gasteiger partial charge on any atom is -0.375 e. The van der Waals surface area contributed by atoms with E-state index >= 15 is 0 Å². The van der Waals surface area contributed by atoms with E-state index in [4.69, 9.17) is 5.73 Å². The van der Waals surface area contributed by atoms with Crippen molar-refractivity contribution >= 4 is 0 Å². The van der Waals surface area contributed by atoms with Crippen molar-refractivity contribution in [3.05, 3.63) is 11.3 Å². The summed E-state index contributed by atoms with van der Waals surface area (Å²) in [6.07, 6.45) is 5.03. The van der Waals surface area contributed by atoms with E-state index in [-0.39, 0.29) is 0 Å². The average Bonchev–Trinajstić information content (AvgIpc) is 2.87. The van der Waals surface area contributed by atoms with Gasteiger partial charge in [0.05, 0.1) is 0 Å². The Labute approximate surface area is 74.4 Å². The molecule has 0 amide bonds. The second-order valence-electron chi connectivity index (χ2n) is 4.01. The molecule has 1 aliphatic carbocycles. The van der Waals surface area contributed by atoms with E-state index in [1.165, 1.54) is 38.8 Å². The first-order chi connectivity index (χ1) is 5.77. The molecule has 1 saturated carbocycles. The third-order valence-corrected chi connectivity index (χ3v) is 3.03. The quantitative estimate of drug-likeness (QED) is 0.639. The summed E-state index contributed by atoms with van der Waals surface area (Å²) in [6.45, 7) is 4.62. The topological polar surface area (TPSA) is 29.3 Å². The number of nitrogens with two attached hydrogens (primary N) is 1. The molecule has 2 nitrogen and oxygen atoms in total. The molecule has 68 valence electrons. The zero-order valence-corrected chi connectivity index (χ0v) is 7.84. The van der Waals surface area contributed by atoms with Crippen molar-refractivity contribution in [2.75, 3.05) is 13.1 Å². The van der Waals surface area contributed by atoms with Gasteiger partial charge in [0.2, 0.25) is 0 Å². The molecular weight excluding hydrogens is 148 g/mol. The highest BCUT2D eigenvalue weighted by atomic mass is 15.1. The Morgan fingerprint density at radius 1 is 1.33 bits per heavy atom. The lowest BCUT2D eigenvalue weighted by molar-refractivity contribution is 0.263. The summed E-state index contributed by atoms with van der Waals surface area (Å²) >= 11 is 0. The van der Waals surface area contributed by atoms with Gasteiger partial charge < -0.3 is 10.6 Å². The first kappa shape index (κ1) is 8.11. The number of hydrogen-bond acceptors (Lipinski definition) is 2. The van der Waals surface area contributed by atoms with Crippen molar-refractivity contribution in [2.24, 2.45) is 5.73 Å². The van der Waals surface area contributed by atoms with Gasteiger partial charge >= 0.3 is 0 Å². The molecule has 0 atom stereocenters. The zero-order chi connectivity index (χ0) is 8.55. The SMILES string of the molecule is CC(=C1CC1)N1CCC(N)CC1. The molecular formula is C10H18N2. The van der Waals surface area contributed by atoms with E-state index in [2.05, 4.69) is 11.8 Å².